The Morgan fingerprint density at radius 1 is 1.42 bits per heavy atom. The van der Waals surface area contributed by atoms with Crippen LogP contribution in [0.5, 0.6) is 5.75 Å². The first-order valence-corrected chi connectivity index (χ1v) is 8.04. The van der Waals surface area contributed by atoms with E-state index in [0.29, 0.717) is 24.8 Å². The average molecular weight is 284 g/mol. The molecule has 0 amide bonds. The van der Waals surface area contributed by atoms with E-state index in [9.17, 15) is 8.42 Å². The van der Waals surface area contributed by atoms with Crippen LogP contribution in [0, 0.1) is 5.92 Å². The molecule has 1 heterocycles. The molecule has 106 valence electrons. The summed E-state index contributed by atoms with van der Waals surface area (Å²) in [7, 11) is -3.48. The molecular formula is C13H20N2O3S. The molecular weight excluding hydrogens is 264 g/mol. The van der Waals surface area contributed by atoms with Gasteiger partial charge in [-0.3, -0.25) is 0 Å². The van der Waals surface area contributed by atoms with Gasteiger partial charge in [-0.2, -0.15) is 0 Å². The van der Waals surface area contributed by atoms with Crippen LogP contribution in [-0.2, 0) is 10.0 Å². The largest absolute Gasteiger partial charge is 0.492 e. The van der Waals surface area contributed by atoms with E-state index in [1.807, 2.05) is 0 Å². The van der Waals surface area contributed by atoms with Crippen molar-refractivity contribution in [3.05, 3.63) is 24.3 Å². The van der Waals surface area contributed by atoms with Crippen LogP contribution < -0.4 is 14.8 Å². The second-order valence-corrected chi connectivity index (χ2v) is 6.35. The minimum absolute atomic E-state index is 0.211. The molecule has 0 bridgehead atoms. The second kappa shape index (κ2) is 6.36. The van der Waals surface area contributed by atoms with Gasteiger partial charge in [0.2, 0.25) is 10.0 Å². The number of rotatable bonds is 6. The van der Waals surface area contributed by atoms with Crippen LogP contribution in [0.3, 0.4) is 0 Å². The number of benzene rings is 1. The van der Waals surface area contributed by atoms with Crippen LogP contribution in [0.15, 0.2) is 29.2 Å². The molecule has 2 N–H and O–H groups in total. The summed E-state index contributed by atoms with van der Waals surface area (Å²) in [4.78, 5) is 0.211. The maximum absolute atomic E-state index is 12.0. The van der Waals surface area contributed by atoms with E-state index in [4.69, 9.17) is 4.74 Å². The third-order valence-electron chi connectivity index (χ3n) is 3.11. The predicted molar refractivity (Wildman–Crippen MR) is 73.8 cm³/mol. The Bertz CT molecular complexity index is 510. The summed E-state index contributed by atoms with van der Waals surface area (Å²) in [5.41, 5.74) is 0. The van der Waals surface area contributed by atoms with Crippen molar-refractivity contribution in [3.63, 3.8) is 0 Å². The van der Waals surface area contributed by atoms with Gasteiger partial charge in [0.15, 0.2) is 0 Å². The number of ether oxygens (including phenoxy) is 1. The fourth-order valence-electron chi connectivity index (χ4n) is 2.12. The monoisotopic (exact) mass is 284 g/mol. The van der Waals surface area contributed by atoms with E-state index < -0.39 is 10.0 Å². The highest BCUT2D eigenvalue weighted by Gasteiger charge is 2.20. The van der Waals surface area contributed by atoms with E-state index in [0.717, 1.165) is 19.5 Å². The number of hydrogen-bond donors (Lipinski definition) is 2. The summed E-state index contributed by atoms with van der Waals surface area (Å²) in [5.74, 6) is 0.880. The van der Waals surface area contributed by atoms with E-state index in [1.54, 1.807) is 31.2 Å². The Labute approximate surface area is 114 Å². The van der Waals surface area contributed by atoms with E-state index in [1.165, 1.54) is 0 Å². The highest BCUT2D eigenvalue weighted by molar-refractivity contribution is 7.89. The SMILES string of the molecule is CCNS(=O)(=O)c1ccccc1OCC1CCNC1. The molecule has 0 spiro atoms. The van der Waals surface area contributed by atoms with Crippen LogP contribution in [0.4, 0.5) is 0 Å². The zero-order valence-corrected chi connectivity index (χ0v) is 11.9. The predicted octanol–water partition coefficient (Wildman–Crippen LogP) is 0.973. The molecule has 2 rings (SSSR count). The van der Waals surface area contributed by atoms with Crippen LogP contribution >= 0.6 is 0 Å². The van der Waals surface area contributed by atoms with Gasteiger partial charge in [0.25, 0.3) is 0 Å². The maximum Gasteiger partial charge on any atom is 0.244 e. The lowest BCUT2D eigenvalue weighted by molar-refractivity contribution is 0.254. The smallest absolute Gasteiger partial charge is 0.244 e. The van der Waals surface area contributed by atoms with Gasteiger partial charge in [0.05, 0.1) is 6.61 Å². The van der Waals surface area contributed by atoms with Gasteiger partial charge in [0, 0.05) is 19.0 Å². The van der Waals surface area contributed by atoms with Crippen molar-refractivity contribution in [2.45, 2.75) is 18.2 Å². The van der Waals surface area contributed by atoms with Crippen molar-refractivity contribution in [1.82, 2.24) is 10.0 Å². The second-order valence-electron chi connectivity index (χ2n) is 4.62. The fourth-order valence-corrected chi connectivity index (χ4v) is 3.31. The molecule has 19 heavy (non-hydrogen) atoms. The van der Waals surface area contributed by atoms with Crippen molar-refractivity contribution >= 4 is 10.0 Å². The Hall–Kier alpha value is -1.11. The molecule has 1 aliphatic heterocycles. The molecule has 5 nitrogen and oxygen atoms in total. The summed E-state index contributed by atoms with van der Waals surface area (Å²) in [6.45, 7) is 4.60. The highest BCUT2D eigenvalue weighted by atomic mass is 32.2. The summed E-state index contributed by atoms with van der Waals surface area (Å²) in [6.07, 6.45) is 1.07. The zero-order chi connectivity index (χ0) is 13.7. The topological polar surface area (TPSA) is 67.4 Å². The van der Waals surface area contributed by atoms with Crippen molar-refractivity contribution in [3.8, 4) is 5.75 Å². The first-order valence-electron chi connectivity index (χ1n) is 6.55. The van der Waals surface area contributed by atoms with Crippen molar-refractivity contribution in [2.24, 2.45) is 5.92 Å². The van der Waals surface area contributed by atoms with Gasteiger partial charge in [-0.1, -0.05) is 19.1 Å². The molecule has 0 aliphatic carbocycles. The molecule has 1 aromatic carbocycles. The first kappa shape index (κ1) is 14.3. The molecule has 0 saturated carbocycles. The Morgan fingerprint density at radius 2 is 2.21 bits per heavy atom. The average Bonchev–Trinajstić information content (AvgIpc) is 2.90. The number of hydrogen-bond acceptors (Lipinski definition) is 4. The summed E-state index contributed by atoms with van der Waals surface area (Å²) in [6, 6.07) is 6.76. The minimum atomic E-state index is -3.48. The van der Waals surface area contributed by atoms with E-state index in [2.05, 4.69) is 10.0 Å². The normalized spacial score (nSPS) is 19.5. The van der Waals surface area contributed by atoms with Gasteiger partial charge in [-0.05, 0) is 25.1 Å². The van der Waals surface area contributed by atoms with Gasteiger partial charge in [-0.25, -0.2) is 13.1 Å². The zero-order valence-electron chi connectivity index (χ0n) is 11.1. The lowest BCUT2D eigenvalue weighted by atomic mass is 10.1. The summed E-state index contributed by atoms with van der Waals surface area (Å²) in [5, 5.41) is 3.26. The Kier molecular flexibility index (Phi) is 4.79. The molecule has 1 aromatic rings. The number of para-hydroxylation sites is 1. The number of nitrogens with one attached hydrogen (secondary N) is 2. The molecule has 0 radical (unpaired) electrons. The van der Waals surface area contributed by atoms with Crippen molar-refractivity contribution in [1.29, 1.82) is 0 Å². The van der Waals surface area contributed by atoms with Gasteiger partial charge in [-0.15, -0.1) is 0 Å². The Balaban J connectivity index is 2.11. The molecule has 1 fully saturated rings. The first-order chi connectivity index (χ1) is 9.13. The molecule has 6 heteroatoms. The van der Waals surface area contributed by atoms with Crippen molar-refractivity contribution in [2.75, 3.05) is 26.2 Å². The number of sulfonamides is 1. The molecule has 1 saturated heterocycles. The van der Waals surface area contributed by atoms with Gasteiger partial charge in [0.1, 0.15) is 10.6 Å². The molecule has 1 aliphatic rings. The van der Waals surface area contributed by atoms with Gasteiger partial charge >= 0.3 is 0 Å². The lowest BCUT2D eigenvalue weighted by Gasteiger charge is -2.14. The lowest BCUT2D eigenvalue weighted by Crippen LogP contribution is -2.24. The van der Waals surface area contributed by atoms with E-state index >= 15 is 0 Å². The third-order valence-corrected chi connectivity index (χ3v) is 4.69. The summed E-state index contributed by atoms with van der Waals surface area (Å²) < 4.78 is 32.3. The fraction of sp³-hybridized carbons (Fsp3) is 0.538. The quantitative estimate of drug-likeness (QED) is 0.817. The van der Waals surface area contributed by atoms with Gasteiger partial charge < -0.3 is 10.1 Å². The van der Waals surface area contributed by atoms with Crippen LogP contribution in [0.1, 0.15) is 13.3 Å². The van der Waals surface area contributed by atoms with Crippen LogP contribution in [-0.4, -0.2) is 34.7 Å². The van der Waals surface area contributed by atoms with E-state index in [-0.39, 0.29) is 4.90 Å². The highest BCUT2D eigenvalue weighted by Crippen LogP contribution is 2.24. The molecule has 1 atom stereocenters. The maximum atomic E-state index is 12.0. The minimum Gasteiger partial charge on any atom is -0.492 e. The van der Waals surface area contributed by atoms with Crippen LogP contribution in [0.2, 0.25) is 0 Å². The van der Waals surface area contributed by atoms with Crippen LogP contribution in [0.25, 0.3) is 0 Å². The third kappa shape index (κ3) is 3.68. The summed E-state index contributed by atoms with van der Waals surface area (Å²) >= 11 is 0. The van der Waals surface area contributed by atoms with Crippen molar-refractivity contribution < 1.29 is 13.2 Å². The Morgan fingerprint density at radius 3 is 2.89 bits per heavy atom. The standard InChI is InChI=1S/C13H20N2O3S/c1-2-15-19(16,17)13-6-4-3-5-12(13)18-10-11-7-8-14-9-11/h3-6,11,14-15H,2,7-10H2,1H3. The molecule has 1 unspecified atom stereocenters. The molecule has 0 aromatic heterocycles.